The number of benzene rings is 1. The first-order valence-electron chi connectivity index (χ1n) is 12.5. The summed E-state index contributed by atoms with van der Waals surface area (Å²) in [5.41, 5.74) is 2.33. The number of aryl methyl sites for hydroxylation is 1. The SMILES string of the molecule is Cc1cccc([C@@H]2CC[C@@H](N/C(=N/C#N)N3CCC(n4c(=O)[nH]c5ncccc54)CC3)C(=O)NC2)c1F. The van der Waals surface area contributed by atoms with Crippen LogP contribution in [0.3, 0.4) is 0 Å². The first-order chi connectivity index (χ1) is 18.0. The van der Waals surface area contributed by atoms with E-state index in [1.54, 1.807) is 35.9 Å². The highest BCUT2D eigenvalue weighted by molar-refractivity contribution is 5.89. The maximum atomic E-state index is 14.7. The number of likely N-dealkylation sites (tertiary alicyclic amines) is 1. The molecule has 2 saturated heterocycles. The predicted molar refractivity (Wildman–Crippen MR) is 136 cm³/mol. The Kier molecular flexibility index (Phi) is 6.90. The van der Waals surface area contributed by atoms with Gasteiger partial charge in [-0.05, 0) is 55.9 Å². The molecule has 2 atom stereocenters. The van der Waals surface area contributed by atoms with Gasteiger partial charge in [-0.1, -0.05) is 18.2 Å². The number of imidazole rings is 1. The van der Waals surface area contributed by atoms with E-state index in [0.717, 1.165) is 5.52 Å². The number of H-pyrrole nitrogens is 1. The molecule has 5 rings (SSSR count). The van der Waals surface area contributed by atoms with Gasteiger partial charge in [0.15, 0.2) is 5.65 Å². The molecule has 10 nitrogen and oxygen atoms in total. The van der Waals surface area contributed by atoms with Crippen molar-refractivity contribution in [1.82, 2.24) is 30.1 Å². The number of nitrogens with one attached hydrogen (secondary N) is 3. The molecule has 2 aliphatic rings. The summed E-state index contributed by atoms with van der Waals surface area (Å²) in [6, 6.07) is 8.40. The van der Waals surface area contributed by atoms with Gasteiger partial charge in [0.25, 0.3) is 0 Å². The van der Waals surface area contributed by atoms with Gasteiger partial charge >= 0.3 is 5.69 Å². The van der Waals surface area contributed by atoms with Gasteiger partial charge in [0.2, 0.25) is 18.1 Å². The number of hydrogen-bond donors (Lipinski definition) is 3. The molecule has 0 aliphatic carbocycles. The third kappa shape index (κ3) is 4.91. The standard InChI is InChI=1S/C26H29FN8O2/c1-16-4-2-5-19(22(16)27)17-7-8-20(24(36)30-14-17)32-25(31-15-28)34-12-9-18(10-13-34)35-21-6-3-11-29-23(21)33-26(35)37/h2-6,11,17-18,20H,7-10,12-14H2,1H3,(H,30,36)(H,31,32)(H,29,33,37)/t17-,20-/m1/s1. The van der Waals surface area contributed by atoms with Gasteiger partial charge in [0.05, 0.1) is 5.52 Å². The molecule has 1 amide bonds. The van der Waals surface area contributed by atoms with E-state index in [9.17, 15) is 19.2 Å². The Morgan fingerprint density at radius 3 is 2.78 bits per heavy atom. The van der Waals surface area contributed by atoms with Crippen LogP contribution in [-0.2, 0) is 4.79 Å². The summed E-state index contributed by atoms with van der Waals surface area (Å²) in [6.07, 6.45) is 5.90. The zero-order valence-corrected chi connectivity index (χ0v) is 20.6. The molecule has 0 spiro atoms. The van der Waals surface area contributed by atoms with Crippen molar-refractivity contribution in [3.8, 4) is 6.19 Å². The number of carbonyl (C=O) groups excluding carboxylic acids is 1. The van der Waals surface area contributed by atoms with Crippen LogP contribution in [0.15, 0.2) is 46.3 Å². The molecular weight excluding hydrogens is 475 g/mol. The van der Waals surface area contributed by atoms with Gasteiger partial charge in [0, 0.05) is 37.8 Å². The van der Waals surface area contributed by atoms with Crippen molar-refractivity contribution in [1.29, 1.82) is 5.26 Å². The van der Waals surface area contributed by atoms with Crippen LogP contribution in [0.25, 0.3) is 11.2 Å². The first kappa shape index (κ1) is 24.5. The Hall–Kier alpha value is -4.20. The number of fused-ring (bicyclic) bond motifs is 1. The number of piperidine rings is 1. The number of nitriles is 1. The highest BCUT2D eigenvalue weighted by Gasteiger charge is 2.31. The molecule has 192 valence electrons. The van der Waals surface area contributed by atoms with Crippen molar-refractivity contribution in [3.05, 3.63) is 64.0 Å². The average Bonchev–Trinajstić information content (AvgIpc) is 3.13. The van der Waals surface area contributed by atoms with Crippen LogP contribution in [-0.4, -0.2) is 57.0 Å². The molecule has 2 aliphatic heterocycles. The maximum Gasteiger partial charge on any atom is 0.327 e. The van der Waals surface area contributed by atoms with Gasteiger partial charge < -0.3 is 15.5 Å². The zero-order valence-electron chi connectivity index (χ0n) is 20.6. The fourth-order valence-corrected chi connectivity index (χ4v) is 5.39. The lowest BCUT2D eigenvalue weighted by Gasteiger charge is -2.35. The molecule has 0 bridgehead atoms. The van der Waals surface area contributed by atoms with Crippen LogP contribution in [0.1, 0.15) is 48.8 Å². The van der Waals surface area contributed by atoms with E-state index in [1.165, 1.54) is 0 Å². The number of aliphatic imine (C=N–C) groups is 1. The Morgan fingerprint density at radius 1 is 1.19 bits per heavy atom. The second-order valence-electron chi connectivity index (χ2n) is 9.62. The molecule has 2 aromatic heterocycles. The Balaban J connectivity index is 1.25. The lowest BCUT2D eigenvalue weighted by atomic mass is 9.92. The van der Waals surface area contributed by atoms with Crippen molar-refractivity contribution in [2.24, 2.45) is 4.99 Å². The second-order valence-corrected chi connectivity index (χ2v) is 9.62. The number of nitrogens with zero attached hydrogens (tertiary/aromatic N) is 5. The maximum absolute atomic E-state index is 14.7. The fourth-order valence-electron chi connectivity index (χ4n) is 5.39. The molecular formula is C26H29FN8O2. The number of aromatic nitrogens is 3. The van der Waals surface area contributed by atoms with E-state index in [4.69, 9.17) is 0 Å². The zero-order chi connectivity index (χ0) is 25.9. The van der Waals surface area contributed by atoms with E-state index in [0.29, 0.717) is 68.1 Å². The summed E-state index contributed by atoms with van der Waals surface area (Å²) in [7, 11) is 0. The monoisotopic (exact) mass is 504 g/mol. The van der Waals surface area contributed by atoms with E-state index >= 15 is 0 Å². The number of hydrogen-bond acceptors (Lipinski definition) is 5. The van der Waals surface area contributed by atoms with Crippen molar-refractivity contribution < 1.29 is 9.18 Å². The van der Waals surface area contributed by atoms with Crippen molar-refractivity contribution in [3.63, 3.8) is 0 Å². The van der Waals surface area contributed by atoms with Crippen LogP contribution in [0, 0.1) is 24.2 Å². The largest absolute Gasteiger partial charge is 0.354 e. The van der Waals surface area contributed by atoms with Gasteiger partial charge in [-0.25, -0.2) is 14.2 Å². The summed E-state index contributed by atoms with van der Waals surface area (Å²) in [5.74, 6) is -0.220. The molecule has 0 saturated carbocycles. The van der Waals surface area contributed by atoms with Gasteiger partial charge in [-0.15, -0.1) is 4.99 Å². The summed E-state index contributed by atoms with van der Waals surface area (Å²) in [6.45, 7) is 3.20. The quantitative estimate of drug-likeness (QED) is 0.285. The highest BCUT2D eigenvalue weighted by atomic mass is 19.1. The fraction of sp³-hybridized carbons (Fsp3) is 0.423. The van der Waals surface area contributed by atoms with E-state index in [1.807, 2.05) is 23.2 Å². The number of amides is 1. The van der Waals surface area contributed by atoms with E-state index < -0.39 is 6.04 Å². The van der Waals surface area contributed by atoms with Crippen molar-refractivity contribution >= 4 is 23.0 Å². The predicted octanol–water partition coefficient (Wildman–Crippen LogP) is 2.30. The molecule has 2 fully saturated rings. The third-order valence-electron chi connectivity index (χ3n) is 7.38. The molecule has 3 N–H and O–H groups in total. The van der Waals surface area contributed by atoms with Crippen LogP contribution in [0.2, 0.25) is 0 Å². The van der Waals surface area contributed by atoms with Gasteiger partial charge in [-0.2, -0.15) is 5.26 Å². The Bertz CT molecular complexity index is 1430. The van der Waals surface area contributed by atoms with Gasteiger partial charge in [-0.3, -0.25) is 14.3 Å². The normalized spacial score (nSPS) is 21.4. The third-order valence-corrected chi connectivity index (χ3v) is 7.38. The molecule has 0 radical (unpaired) electrons. The summed E-state index contributed by atoms with van der Waals surface area (Å²) < 4.78 is 16.4. The minimum absolute atomic E-state index is 0.0174. The molecule has 0 unspecified atom stereocenters. The molecule has 4 heterocycles. The smallest absolute Gasteiger partial charge is 0.327 e. The summed E-state index contributed by atoms with van der Waals surface area (Å²) >= 11 is 0. The first-order valence-corrected chi connectivity index (χ1v) is 12.5. The highest BCUT2D eigenvalue weighted by Crippen LogP contribution is 2.28. The average molecular weight is 505 g/mol. The van der Waals surface area contributed by atoms with Crippen molar-refractivity contribution in [2.75, 3.05) is 19.6 Å². The van der Waals surface area contributed by atoms with Crippen LogP contribution in [0.5, 0.6) is 0 Å². The summed E-state index contributed by atoms with van der Waals surface area (Å²) in [5, 5.41) is 15.4. The number of halogens is 1. The lowest BCUT2D eigenvalue weighted by molar-refractivity contribution is -0.122. The number of pyridine rings is 1. The Labute approximate surface area is 213 Å². The molecule has 1 aromatic carbocycles. The van der Waals surface area contributed by atoms with Gasteiger partial charge in [0.1, 0.15) is 11.9 Å². The van der Waals surface area contributed by atoms with Crippen LogP contribution >= 0.6 is 0 Å². The molecule has 11 heteroatoms. The number of carbonyl (C=O) groups is 1. The number of rotatable bonds is 3. The van der Waals surface area contributed by atoms with Crippen LogP contribution < -0.4 is 16.3 Å². The minimum atomic E-state index is -0.593. The number of aromatic amines is 1. The lowest BCUT2D eigenvalue weighted by Crippen LogP contribution is -2.53. The summed E-state index contributed by atoms with van der Waals surface area (Å²) in [4.78, 5) is 38.4. The topological polar surface area (TPSA) is 131 Å². The van der Waals surface area contributed by atoms with E-state index in [-0.39, 0.29) is 29.4 Å². The molecule has 37 heavy (non-hydrogen) atoms. The minimum Gasteiger partial charge on any atom is -0.354 e. The van der Waals surface area contributed by atoms with Crippen LogP contribution in [0.4, 0.5) is 4.39 Å². The van der Waals surface area contributed by atoms with Crippen molar-refractivity contribution in [2.45, 2.75) is 50.6 Å². The number of guanidine groups is 1. The second kappa shape index (κ2) is 10.4. The van der Waals surface area contributed by atoms with E-state index in [2.05, 4.69) is 25.6 Å². The Morgan fingerprint density at radius 2 is 2.00 bits per heavy atom. The molecule has 3 aromatic rings.